The number of rotatable bonds is 7. The van der Waals surface area contributed by atoms with Crippen LogP contribution >= 0.6 is 0 Å². The molecule has 2 rings (SSSR count). The number of benzene rings is 2. The van der Waals surface area contributed by atoms with Crippen LogP contribution in [0.2, 0.25) is 0 Å². The molecule has 0 spiro atoms. The van der Waals surface area contributed by atoms with Crippen LogP contribution in [0.5, 0.6) is 11.5 Å². The number of phenols is 1. The van der Waals surface area contributed by atoms with Crippen molar-refractivity contribution in [1.29, 1.82) is 0 Å². The van der Waals surface area contributed by atoms with Gasteiger partial charge in [-0.15, -0.1) is 0 Å². The van der Waals surface area contributed by atoms with Crippen molar-refractivity contribution in [2.24, 2.45) is 0 Å². The Hall–Kier alpha value is -3.02. The van der Waals surface area contributed by atoms with E-state index < -0.39 is 0 Å². The molecule has 0 fully saturated rings. The van der Waals surface area contributed by atoms with Crippen LogP contribution in [0.25, 0.3) is 0 Å². The molecule has 2 aromatic carbocycles. The van der Waals surface area contributed by atoms with Crippen LogP contribution in [-0.2, 0) is 0 Å². The van der Waals surface area contributed by atoms with Gasteiger partial charge in [-0.25, -0.2) is 0 Å². The van der Waals surface area contributed by atoms with Crippen LogP contribution in [0.3, 0.4) is 0 Å². The minimum absolute atomic E-state index is 0.0479. The second kappa shape index (κ2) is 8.57. The number of ether oxygens (including phenoxy) is 1. The van der Waals surface area contributed by atoms with Crippen molar-refractivity contribution in [3.63, 3.8) is 0 Å². The first-order valence-electron chi connectivity index (χ1n) is 7.60. The third-order valence-corrected chi connectivity index (χ3v) is 3.38. The molecule has 126 valence electrons. The van der Waals surface area contributed by atoms with Gasteiger partial charge in [0.25, 0.3) is 11.8 Å². The summed E-state index contributed by atoms with van der Waals surface area (Å²) >= 11 is 0. The Balaban J connectivity index is 1.73. The first-order valence-corrected chi connectivity index (χ1v) is 7.60. The van der Waals surface area contributed by atoms with Crippen LogP contribution in [-0.4, -0.2) is 37.1 Å². The first-order chi connectivity index (χ1) is 11.6. The predicted octanol–water partition coefficient (Wildman–Crippen LogP) is 1.95. The van der Waals surface area contributed by atoms with Gasteiger partial charge in [-0.05, 0) is 36.8 Å². The molecule has 6 heteroatoms. The second-order valence-corrected chi connectivity index (χ2v) is 5.12. The standard InChI is InChI=1S/C18H20N2O4/c1-24-16-9-3-2-8-15(16)18(23)20-11-5-10-19-17(22)13-6-4-7-14(21)12-13/h2-4,6-9,12,21H,5,10-11H2,1H3,(H,19,22)(H,20,23). The number of carbonyl (C=O) groups excluding carboxylic acids is 2. The van der Waals surface area contributed by atoms with Crippen LogP contribution in [0.15, 0.2) is 48.5 Å². The Morgan fingerprint density at radius 1 is 1.00 bits per heavy atom. The predicted molar refractivity (Wildman–Crippen MR) is 90.4 cm³/mol. The second-order valence-electron chi connectivity index (χ2n) is 5.12. The average Bonchev–Trinajstić information content (AvgIpc) is 2.61. The average molecular weight is 328 g/mol. The number of methoxy groups -OCH3 is 1. The van der Waals surface area contributed by atoms with E-state index in [1.165, 1.54) is 19.2 Å². The van der Waals surface area contributed by atoms with Gasteiger partial charge >= 0.3 is 0 Å². The minimum atomic E-state index is -0.262. The Labute approximate surface area is 140 Å². The summed E-state index contributed by atoms with van der Waals surface area (Å²) < 4.78 is 5.15. The lowest BCUT2D eigenvalue weighted by Gasteiger charge is -2.09. The fraction of sp³-hybridized carbons (Fsp3) is 0.222. The van der Waals surface area contributed by atoms with Gasteiger partial charge in [0.2, 0.25) is 0 Å². The molecule has 6 nitrogen and oxygen atoms in total. The zero-order valence-corrected chi connectivity index (χ0v) is 13.4. The Morgan fingerprint density at radius 3 is 2.42 bits per heavy atom. The smallest absolute Gasteiger partial charge is 0.255 e. The topological polar surface area (TPSA) is 87.7 Å². The van der Waals surface area contributed by atoms with Crippen LogP contribution < -0.4 is 15.4 Å². The number of para-hydroxylation sites is 1. The maximum Gasteiger partial charge on any atom is 0.255 e. The number of nitrogens with one attached hydrogen (secondary N) is 2. The summed E-state index contributed by atoms with van der Waals surface area (Å²) in [6.07, 6.45) is 0.589. The summed E-state index contributed by atoms with van der Waals surface area (Å²) in [5.41, 5.74) is 0.872. The zero-order valence-electron chi connectivity index (χ0n) is 13.4. The maximum atomic E-state index is 12.1. The molecule has 0 aliphatic carbocycles. The Morgan fingerprint density at radius 2 is 1.71 bits per heavy atom. The third-order valence-electron chi connectivity index (χ3n) is 3.38. The molecule has 0 radical (unpaired) electrons. The lowest BCUT2D eigenvalue weighted by molar-refractivity contribution is 0.0949. The lowest BCUT2D eigenvalue weighted by Crippen LogP contribution is -2.30. The van der Waals surface area contributed by atoms with Crippen molar-refractivity contribution in [2.75, 3.05) is 20.2 Å². The van der Waals surface area contributed by atoms with Gasteiger partial charge < -0.3 is 20.5 Å². The van der Waals surface area contributed by atoms with E-state index >= 15 is 0 Å². The Kier molecular flexibility index (Phi) is 6.19. The van der Waals surface area contributed by atoms with E-state index in [0.717, 1.165) is 0 Å². The van der Waals surface area contributed by atoms with Crippen molar-refractivity contribution < 1.29 is 19.4 Å². The highest BCUT2D eigenvalue weighted by Crippen LogP contribution is 2.16. The van der Waals surface area contributed by atoms with Gasteiger partial charge in [0, 0.05) is 18.7 Å². The maximum absolute atomic E-state index is 12.1. The summed E-state index contributed by atoms with van der Waals surface area (Å²) in [7, 11) is 1.52. The number of aromatic hydroxyl groups is 1. The van der Waals surface area contributed by atoms with Gasteiger partial charge in [0.05, 0.1) is 12.7 Å². The van der Waals surface area contributed by atoms with Crippen molar-refractivity contribution in [1.82, 2.24) is 10.6 Å². The largest absolute Gasteiger partial charge is 0.508 e. The molecule has 0 aromatic heterocycles. The zero-order chi connectivity index (χ0) is 17.4. The molecule has 2 amide bonds. The summed E-state index contributed by atoms with van der Waals surface area (Å²) in [5.74, 6) is 0.0904. The van der Waals surface area contributed by atoms with E-state index in [0.29, 0.717) is 36.4 Å². The molecule has 0 unspecified atom stereocenters. The molecule has 0 saturated heterocycles. The van der Waals surface area contributed by atoms with E-state index in [9.17, 15) is 14.7 Å². The molecule has 3 N–H and O–H groups in total. The Bertz CT molecular complexity index is 716. The highest BCUT2D eigenvalue weighted by molar-refractivity contribution is 5.97. The van der Waals surface area contributed by atoms with Gasteiger partial charge in [0.1, 0.15) is 11.5 Å². The van der Waals surface area contributed by atoms with Crippen molar-refractivity contribution in [3.8, 4) is 11.5 Å². The molecule has 2 aromatic rings. The summed E-state index contributed by atoms with van der Waals surface area (Å²) in [6.45, 7) is 0.845. The number of hydrogen-bond donors (Lipinski definition) is 3. The number of phenolic OH excluding ortho intramolecular Hbond substituents is 1. The van der Waals surface area contributed by atoms with Crippen LogP contribution in [0.4, 0.5) is 0 Å². The van der Waals surface area contributed by atoms with Gasteiger partial charge in [-0.2, -0.15) is 0 Å². The van der Waals surface area contributed by atoms with E-state index in [1.54, 1.807) is 36.4 Å². The van der Waals surface area contributed by atoms with Crippen molar-refractivity contribution in [3.05, 3.63) is 59.7 Å². The molecular formula is C18H20N2O4. The third kappa shape index (κ3) is 4.74. The first kappa shape index (κ1) is 17.3. The molecule has 0 saturated carbocycles. The van der Waals surface area contributed by atoms with Crippen LogP contribution in [0, 0.1) is 0 Å². The van der Waals surface area contributed by atoms with Crippen molar-refractivity contribution >= 4 is 11.8 Å². The van der Waals surface area contributed by atoms with Gasteiger partial charge in [-0.1, -0.05) is 18.2 Å². The molecule has 24 heavy (non-hydrogen) atoms. The summed E-state index contributed by atoms with van der Waals surface area (Å²) in [5, 5.41) is 14.9. The normalized spacial score (nSPS) is 10.0. The number of amides is 2. The highest BCUT2D eigenvalue weighted by atomic mass is 16.5. The minimum Gasteiger partial charge on any atom is -0.508 e. The van der Waals surface area contributed by atoms with E-state index in [2.05, 4.69) is 10.6 Å². The summed E-state index contributed by atoms with van der Waals surface area (Å²) in [4.78, 5) is 23.9. The summed E-state index contributed by atoms with van der Waals surface area (Å²) in [6, 6.07) is 13.1. The SMILES string of the molecule is COc1ccccc1C(=O)NCCCNC(=O)c1cccc(O)c1. The quantitative estimate of drug-likeness (QED) is 0.678. The molecular weight excluding hydrogens is 308 g/mol. The number of carbonyl (C=O) groups is 2. The van der Waals surface area contributed by atoms with E-state index in [4.69, 9.17) is 4.74 Å². The monoisotopic (exact) mass is 328 g/mol. The number of hydrogen-bond acceptors (Lipinski definition) is 4. The van der Waals surface area contributed by atoms with Crippen molar-refractivity contribution in [2.45, 2.75) is 6.42 Å². The molecule has 0 aliphatic rings. The highest BCUT2D eigenvalue weighted by Gasteiger charge is 2.10. The molecule has 0 atom stereocenters. The molecule has 0 heterocycles. The molecule has 0 bridgehead atoms. The van der Waals surface area contributed by atoms with Gasteiger partial charge in [-0.3, -0.25) is 9.59 Å². The van der Waals surface area contributed by atoms with Gasteiger partial charge in [0.15, 0.2) is 0 Å². The van der Waals surface area contributed by atoms with Crippen LogP contribution in [0.1, 0.15) is 27.1 Å². The fourth-order valence-corrected chi connectivity index (χ4v) is 2.17. The van der Waals surface area contributed by atoms with E-state index in [1.807, 2.05) is 0 Å². The fourth-order valence-electron chi connectivity index (χ4n) is 2.17. The molecule has 0 aliphatic heterocycles. The van der Waals surface area contributed by atoms with E-state index in [-0.39, 0.29) is 17.6 Å². The lowest BCUT2D eigenvalue weighted by atomic mass is 10.2.